The van der Waals surface area contributed by atoms with Crippen molar-refractivity contribution in [3.8, 4) is 0 Å². The van der Waals surface area contributed by atoms with Gasteiger partial charge in [0.25, 0.3) is 0 Å². The average molecular weight is 376 g/mol. The summed E-state index contributed by atoms with van der Waals surface area (Å²) in [5.74, 6) is 0.659. The van der Waals surface area contributed by atoms with E-state index in [1.54, 1.807) is 11.3 Å². The molecule has 0 aliphatic heterocycles. The Morgan fingerprint density at radius 2 is 1.88 bits per heavy atom. The fourth-order valence-electron chi connectivity index (χ4n) is 2.14. The number of thiazole rings is 1. The first-order valence-corrected chi connectivity index (χ1v) is 10.7. The van der Waals surface area contributed by atoms with Crippen molar-refractivity contribution < 1.29 is 8.42 Å². The number of sulfonamides is 1. The SMILES string of the molecule is CCNC(=NCc1nc(C)c(C)s1)NCCS(=O)(=O)N(CC)CC. The lowest BCUT2D eigenvalue weighted by molar-refractivity contribution is 0.445. The summed E-state index contributed by atoms with van der Waals surface area (Å²) in [5, 5.41) is 7.16. The number of aromatic nitrogens is 1. The van der Waals surface area contributed by atoms with Gasteiger partial charge in [-0.1, -0.05) is 13.8 Å². The number of hydrogen-bond acceptors (Lipinski definition) is 5. The van der Waals surface area contributed by atoms with Crippen molar-refractivity contribution in [2.75, 3.05) is 31.9 Å². The Kier molecular flexibility index (Phi) is 8.65. The average Bonchev–Trinajstić information content (AvgIpc) is 2.84. The van der Waals surface area contributed by atoms with E-state index in [1.807, 2.05) is 34.6 Å². The molecule has 0 atom stereocenters. The first-order chi connectivity index (χ1) is 11.3. The van der Waals surface area contributed by atoms with Gasteiger partial charge in [0.05, 0.1) is 18.0 Å². The van der Waals surface area contributed by atoms with Crippen molar-refractivity contribution in [3.05, 3.63) is 15.6 Å². The minimum atomic E-state index is -3.22. The smallest absolute Gasteiger partial charge is 0.215 e. The van der Waals surface area contributed by atoms with Crippen LogP contribution in [0.25, 0.3) is 0 Å². The molecule has 1 heterocycles. The molecule has 1 aromatic rings. The van der Waals surface area contributed by atoms with Gasteiger partial charge in [-0.3, -0.25) is 0 Å². The standard InChI is InChI=1S/C15H29N5O2S2/c1-6-16-15(18-11-14-19-12(4)13(5)23-14)17-9-10-24(21,22)20(7-2)8-3/h6-11H2,1-5H3,(H2,16,17,18). The van der Waals surface area contributed by atoms with Gasteiger partial charge in [0.15, 0.2) is 5.96 Å². The number of hydrogen-bond donors (Lipinski definition) is 2. The highest BCUT2D eigenvalue weighted by atomic mass is 32.2. The zero-order valence-electron chi connectivity index (χ0n) is 15.2. The monoisotopic (exact) mass is 375 g/mol. The Balaban J connectivity index is 2.61. The van der Waals surface area contributed by atoms with E-state index in [1.165, 1.54) is 9.18 Å². The maximum atomic E-state index is 12.2. The zero-order valence-corrected chi connectivity index (χ0v) is 16.9. The molecule has 0 saturated carbocycles. The van der Waals surface area contributed by atoms with Gasteiger partial charge in [-0.15, -0.1) is 11.3 Å². The third-order valence-electron chi connectivity index (χ3n) is 3.54. The van der Waals surface area contributed by atoms with Crippen molar-refractivity contribution in [1.29, 1.82) is 0 Å². The Morgan fingerprint density at radius 3 is 2.38 bits per heavy atom. The second-order valence-corrected chi connectivity index (χ2v) is 8.65. The molecule has 2 N–H and O–H groups in total. The summed E-state index contributed by atoms with van der Waals surface area (Å²) < 4.78 is 25.8. The van der Waals surface area contributed by atoms with Crippen molar-refractivity contribution in [2.45, 2.75) is 41.2 Å². The Hall–Kier alpha value is -1.19. The molecule has 0 unspecified atom stereocenters. The second-order valence-electron chi connectivity index (χ2n) is 5.27. The fourth-order valence-corrected chi connectivity index (χ4v) is 4.40. The quantitative estimate of drug-likeness (QED) is 0.504. The topological polar surface area (TPSA) is 86.7 Å². The van der Waals surface area contributed by atoms with Crippen LogP contribution in [-0.2, 0) is 16.6 Å². The van der Waals surface area contributed by atoms with Gasteiger partial charge in [0, 0.05) is 31.1 Å². The van der Waals surface area contributed by atoms with E-state index in [-0.39, 0.29) is 5.75 Å². The predicted octanol–water partition coefficient (Wildman–Crippen LogP) is 1.49. The van der Waals surface area contributed by atoms with Crippen LogP contribution in [0.15, 0.2) is 4.99 Å². The van der Waals surface area contributed by atoms with E-state index < -0.39 is 10.0 Å². The summed E-state index contributed by atoms with van der Waals surface area (Å²) in [6.07, 6.45) is 0. The molecular formula is C15H29N5O2S2. The fraction of sp³-hybridized carbons (Fsp3) is 0.733. The summed E-state index contributed by atoms with van der Waals surface area (Å²) in [4.78, 5) is 10.1. The third-order valence-corrected chi connectivity index (χ3v) is 6.62. The van der Waals surface area contributed by atoms with Crippen LogP contribution in [0.3, 0.4) is 0 Å². The molecule has 9 heteroatoms. The summed E-state index contributed by atoms with van der Waals surface area (Å²) in [6.45, 7) is 12.2. The molecule has 1 aromatic heterocycles. The number of aliphatic imine (C=N–C) groups is 1. The van der Waals surface area contributed by atoms with Gasteiger partial charge in [0.1, 0.15) is 5.01 Å². The molecule has 0 aromatic carbocycles. The van der Waals surface area contributed by atoms with Gasteiger partial charge in [-0.2, -0.15) is 0 Å². The summed E-state index contributed by atoms with van der Waals surface area (Å²) >= 11 is 1.64. The largest absolute Gasteiger partial charge is 0.357 e. The van der Waals surface area contributed by atoms with Crippen LogP contribution < -0.4 is 10.6 Å². The lowest BCUT2D eigenvalue weighted by Gasteiger charge is -2.19. The first kappa shape index (κ1) is 20.9. The van der Waals surface area contributed by atoms with Gasteiger partial charge in [-0.05, 0) is 20.8 Å². The van der Waals surface area contributed by atoms with Crippen LogP contribution in [-0.4, -0.2) is 55.6 Å². The summed E-state index contributed by atoms with van der Waals surface area (Å²) in [5.41, 5.74) is 1.04. The molecule has 0 spiro atoms. The highest BCUT2D eigenvalue weighted by Gasteiger charge is 2.18. The van der Waals surface area contributed by atoms with E-state index in [9.17, 15) is 8.42 Å². The number of rotatable bonds is 9. The second kappa shape index (κ2) is 9.95. The van der Waals surface area contributed by atoms with Crippen LogP contribution in [0, 0.1) is 13.8 Å². The van der Waals surface area contributed by atoms with Crippen LogP contribution in [0.5, 0.6) is 0 Å². The van der Waals surface area contributed by atoms with E-state index in [0.717, 1.165) is 10.7 Å². The van der Waals surface area contributed by atoms with E-state index >= 15 is 0 Å². The van der Waals surface area contributed by atoms with E-state index in [2.05, 4.69) is 20.6 Å². The molecule has 0 fully saturated rings. The van der Waals surface area contributed by atoms with Crippen LogP contribution in [0.2, 0.25) is 0 Å². The van der Waals surface area contributed by atoms with Crippen molar-refractivity contribution in [2.24, 2.45) is 4.99 Å². The molecule has 138 valence electrons. The molecule has 0 bridgehead atoms. The van der Waals surface area contributed by atoms with Gasteiger partial charge in [0.2, 0.25) is 10.0 Å². The summed E-state index contributed by atoms with van der Waals surface area (Å²) in [7, 11) is -3.22. The Bertz CT molecular complexity index is 617. The Labute approximate surface area is 149 Å². The van der Waals surface area contributed by atoms with Gasteiger partial charge < -0.3 is 10.6 Å². The van der Waals surface area contributed by atoms with Crippen molar-refractivity contribution in [1.82, 2.24) is 19.9 Å². The first-order valence-electron chi connectivity index (χ1n) is 8.26. The normalized spacial score (nSPS) is 12.7. The van der Waals surface area contributed by atoms with Crippen LogP contribution in [0.1, 0.15) is 36.3 Å². The highest BCUT2D eigenvalue weighted by molar-refractivity contribution is 7.89. The molecule has 24 heavy (non-hydrogen) atoms. The third kappa shape index (κ3) is 6.37. The van der Waals surface area contributed by atoms with Gasteiger partial charge >= 0.3 is 0 Å². The number of aryl methyl sites for hydroxylation is 2. The minimum absolute atomic E-state index is 0.0502. The van der Waals surface area contributed by atoms with Crippen molar-refractivity contribution >= 4 is 27.3 Å². The molecule has 1 rings (SSSR count). The predicted molar refractivity (Wildman–Crippen MR) is 101 cm³/mol. The van der Waals surface area contributed by atoms with E-state index in [4.69, 9.17) is 0 Å². The maximum absolute atomic E-state index is 12.2. The number of guanidine groups is 1. The van der Waals surface area contributed by atoms with Crippen molar-refractivity contribution in [3.63, 3.8) is 0 Å². The molecule has 0 aliphatic carbocycles. The molecule has 0 amide bonds. The molecular weight excluding hydrogens is 346 g/mol. The lowest BCUT2D eigenvalue weighted by atomic mass is 10.4. The van der Waals surface area contributed by atoms with Gasteiger partial charge in [-0.25, -0.2) is 22.7 Å². The Morgan fingerprint density at radius 1 is 1.21 bits per heavy atom. The molecule has 0 aliphatic rings. The maximum Gasteiger partial charge on any atom is 0.215 e. The molecule has 0 saturated heterocycles. The zero-order chi connectivity index (χ0) is 18.2. The molecule has 7 nitrogen and oxygen atoms in total. The summed E-state index contributed by atoms with van der Waals surface area (Å²) in [6, 6.07) is 0. The number of nitrogens with one attached hydrogen (secondary N) is 2. The molecule has 0 radical (unpaired) electrons. The number of nitrogens with zero attached hydrogens (tertiary/aromatic N) is 3. The minimum Gasteiger partial charge on any atom is -0.357 e. The highest BCUT2D eigenvalue weighted by Crippen LogP contribution is 2.16. The lowest BCUT2D eigenvalue weighted by Crippen LogP contribution is -2.42. The van der Waals surface area contributed by atoms with Crippen LogP contribution >= 0.6 is 11.3 Å². The van der Waals surface area contributed by atoms with E-state index in [0.29, 0.717) is 38.7 Å². The van der Waals surface area contributed by atoms with Crippen LogP contribution in [0.4, 0.5) is 0 Å².